The number of rotatable bonds is 1. The third-order valence-corrected chi connectivity index (χ3v) is 5.01. The van der Waals surface area contributed by atoms with Crippen molar-refractivity contribution >= 4 is 33.3 Å². The number of hydrogen-bond donors (Lipinski definition) is 1. The number of ether oxygens (including phenoxy) is 1. The molecule has 3 heterocycles. The monoisotopic (exact) mass is 372 g/mol. The van der Waals surface area contributed by atoms with Crippen molar-refractivity contribution in [3.05, 3.63) is 40.3 Å². The standard InChI is InChI=1S/C16H13BrN4O2/c1-8-15(17)9(2)21-6-12(20-16(21)18-8)10-3-4-13-11(5-10)19-14(22)7-23-13/h3-6H,7H2,1-2H3,(H,19,22). The zero-order chi connectivity index (χ0) is 16.1. The molecule has 4 rings (SSSR count). The number of aromatic nitrogens is 3. The van der Waals surface area contributed by atoms with Gasteiger partial charge in [-0.25, -0.2) is 9.97 Å². The van der Waals surface area contributed by atoms with Crippen molar-refractivity contribution < 1.29 is 9.53 Å². The second-order valence-electron chi connectivity index (χ2n) is 5.44. The number of halogens is 1. The van der Waals surface area contributed by atoms with Gasteiger partial charge in [-0.2, -0.15) is 0 Å². The fourth-order valence-corrected chi connectivity index (χ4v) is 2.92. The summed E-state index contributed by atoms with van der Waals surface area (Å²) in [4.78, 5) is 20.5. The maximum absolute atomic E-state index is 11.5. The number of aryl methyl sites for hydroxylation is 2. The molecule has 1 N–H and O–H groups in total. The van der Waals surface area contributed by atoms with Crippen LogP contribution in [-0.4, -0.2) is 26.9 Å². The minimum Gasteiger partial charge on any atom is -0.482 e. The number of imidazole rings is 1. The summed E-state index contributed by atoms with van der Waals surface area (Å²) in [5.41, 5.74) is 4.30. The number of carbonyl (C=O) groups excluding carboxylic acids is 1. The maximum Gasteiger partial charge on any atom is 0.262 e. The highest BCUT2D eigenvalue weighted by Gasteiger charge is 2.18. The Labute approximate surface area is 140 Å². The van der Waals surface area contributed by atoms with Gasteiger partial charge in [0.05, 0.1) is 21.5 Å². The van der Waals surface area contributed by atoms with Crippen LogP contribution in [0.25, 0.3) is 17.0 Å². The lowest BCUT2D eigenvalue weighted by atomic mass is 10.1. The number of nitrogens with one attached hydrogen (secondary N) is 1. The summed E-state index contributed by atoms with van der Waals surface area (Å²) < 4.78 is 8.30. The fourth-order valence-electron chi connectivity index (χ4n) is 2.64. The highest BCUT2D eigenvalue weighted by Crippen LogP contribution is 2.32. The van der Waals surface area contributed by atoms with Gasteiger partial charge in [-0.1, -0.05) is 0 Å². The Morgan fingerprint density at radius 1 is 1.30 bits per heavy atom. The lowest BCUT2D eigenvalue weighted by Gasteiger charge is -2.18. The Bertz CT molecular complexity index is 964. The number of amides is 1. The molecule has 0 atom stereocenters. The number of fused-ring (bicyclic) bond motifs is 2. The molecular formula is C16H13BrN4O2. The third kappa shape index (κ3) is 2.28. The van der Waals surface area contributed by atoms with Crippen molar-refractivity contribution in [1.29, 1.82) is 0 Å². The van der Waals surface area contributed by atoms with Crippen LogP contribution < -0.4 is 10.1 Å². The topological polar surface area (TPSA) is 68.5 Å². The van der Waals surface area contributed by atoms with Crippen molar-refractivity contribution in [2.75, 3.05) is 11.9 Å². The van der Waals surface area contributed by atoms with Crippen LogP contribution in [0.5, 0.6) is 5.75 Å². The van der Waals surface area contributed by atoms with Crippen molar-refractivity contribution in [3.8, 4) is 17.0 Å². The van der Waals surface area contributed by atoms with Crippen LogP contribution in [-0.2, 0) is 4.79 Å². The first-order chi connectivity index (χ1) is 11.0. The number of carbonyl (C=O) groups is 1. The molecular weight excluding hydrogens is 360 g/mol. The molecule has 0 saturated carbocycles. The van der Waals surface area contributed by atoms with E-state index in [4.69, 9.17) is 4.74 Å². The van der Waals surface area contributed by atoms with Gasteiger partial charge in [-0.15, -0.1) is 0 Å². The Morgan fingerprint density at radius 2 is 2.13 bits per heavy atom. The van der Waals surface area contributed by atoms with Crippen LogP contribution in [0.1, 0.15) is 11.4 Å². The van der Waals surface area contributed by atoms with Gasteiger partial charge in [0, 0.05) is 17.5 Å². The largest absolute Gasteiger partial charge is 0.482 e. The quantitative estimate of drug-likeness (QED) is 0.712. The van der Waals surface area contributed by atoms with Crippen LogP contribution in [0, 0.1) is 13.8 Å². The maximum atomic E-state index is 11.5. The number of anilines is 1. The van der Waals surface area contributed by atoms with Gasteiger partial charge < -0.3 is 10.1 Å². The van der Waals surface area contributed by atoms with Gasteiger partial charge in [0.2, 0.25) is 5.78 Å². The molecule has 0 spiro atoms. The Morgan fingerprint density at radius 3 is 2.96 bits per heavy atom. The summed E-state index contributed by atoms with van der Waals surface area (Å²) in [6.07, 6.45) is 1.94. The summed E-state index contributed by atoms with van der Waals surface area (Å²) in [5, 5.41) is 2.81. The minimum absolute atomic E-state index is 0.0527. The van der Waals surface area contributed by atoms with E-state index in [0.29, 0.717) is 17.2 Å². The first kappa shape index (κ1) is 14.2. The van der Waals surface area contributed by atoms with Crippen molar-refractivity contribution in [1.82, 2.24) is 14.4 Å². The highest BCUT2D eigenvalue weighted by molar-refractivity contribution is 9.10. The molecule has 3 aromatic rings. The van der Waals surface area contributed by atoms with Gasteiger partial charge in [-0.3, -0.25) is 9.20 Å². The Kier molecular flexibility index (Phi) is 3.12. The SMILES string of the molecule is Cc1nc2nc(-c3ccc4c(c3)NC(=O)CO4)cn2c(C)c1Br. The lowest BCUT2D eigenvalue weighted by Crippen LogP contribution is -2.25. The second kappa shape index (κ2) is 5.06. The van der Waals surface area contributed by atoms with E-state index in [1.54, 1.807) is 0 Å². The van der Waals surface area contributed by atoms with Crippen molar-refractivity contribution in [3.63, 3.8) is 0 Å². The molecule has 1 amide bonds. The second-order valence-corrected chi connectivity index (χ2v) is 6.23. The zero-order valence-electron chi connectivity index (χ0n) is 12.6. The third-order valence-electron chi connectivity index (χ3n) is 3.86. The highest BCUT2D eigenvalue weighted by atomic mass is 79.9. The lowest BCUT2D eigenvalue weighted by molar-refractivity contribution is -0.118. The van der Waals surface area contributed by atoms with Crippen LogP contribution in [0.4, 0.5) is 5.69 Å². The van der Waals surface area contributed by atoms with Gasteiger partial charge in [0.1, 0.15) is 5.75 Å². The summed E-state index contributed by atoms with van der Waals surface area (Å²) in [6, 6.07) is 5.64. The smallest absolute Gasteiger partial charge is 0.262 e. The molecule has 1 aliphatic rings. The van der Waals surface area contributed by atoms with E-state index in [0.717, 1.165) is 27.1 Å². The molecule has 2 aromatic heterocycles. The minimum atomic E-state index is -0.151. The van der Waals surface area contributed by atoms with E-state index in [9.17, 15) is 4.79 Å². The van der Waals surface area contributed by atoms with Crippen LogP contribution in [0.2, 0.25) is 0 Å². The zero-order valence-corrected chi connectivity index (χ0v) is 14.1. The number of nitrogens with zero attached hydrogens (tertiary/aromatic N) is 3. The normalized spacial score (nSPS) is 13.6. The van der Waals surface area contributed by atoms with Crippen LogP contribution in [0.3, 0.4) is 0 Å². The molecule has 1 aliphatic heterocycles. The van der Waals surface area contributed by atoms with Crippen molar-refractivity contribution in [2.45, 2.75) is 13.8 Å². The van der Waals surface area contributed by atoms with Gasteiger partial charge in [0.15, 0.2) is 6.61 Å². The molecule has 0 aliphatic carbocycles. The number of benzene rings is 1. The van der Waals surface area contributed by atoms with Crippen LogP contribution in [0.15, 0.2) is 28.9 Å². The molecule has 23 heavy (non-hydrogen) atoms. The first-order valence-corrected chi connectivity index (χ1v) is 7.91. The summed E-state index contributed by atoms with van der Waals surface area (Å²) >= 11 is 3.55. The van der Waals surface area contributed by atoms with Gasteiger partial charge in [-0.05, 0) is 48.0 Å². The first-order valence-electron chi connectivity index (χ1n) is 7.12. The average molecular weight is 373 g/mol. The van der Waals surface area contributed by atoms with E-state index in [1.807, 2.05) is 42.6 Å². The molecule has 1 aromatic carbocycles. The predicted octanol–water partition coefficient (Wildman–Crippen LogP) is 3.11. The summed E-state index contributed by atoms with van der Waals surface area (Å²) in [5.74, 6) is 1.17. The van der Waals surface area contributed by atoms with E-state index in [-0.39, 0.29) is 12.5 Å². The summed E-state index contributed by atoms with van der Waals surface area (Å²) in [6.45, 7) is 4.01. The average Bonchev–Trinajstić information content (AvgIpc) is 2.96. The number of hydrogen-bond acceptors (Lipinski definition) is 4. The molecule has 0 fully saturated rings. The van der Waals surface area contributed by atoms with Gasteiger partial charge >= 0.3 is 0 Å². The Hall–Kier alpha value is -2.41. The molecule has 0 radical (unpaired) electrons. The molecule has 7 heteroatoms. The van der Waals surface area contributed by atoms with E-state index in [2.05, 4.69) is 31.2 Å². The van der Waals surface area contributed by atoms with E-state index < -0.39 is 0 Å². The fraction of sp³-hybridized carbons (Fsp3) is 0.188. The predicted molar refractivity (Wildman–Crippen MR) is 89.7 cm³/mol. The van der Waals surface area contributed by atoms with E-state index >= 15 is 0 Å². The molecule has 0 bridgehead atoms. The molecule has 116 valence electrons. The van der Waals surface area contributed by atoms with E-state index in [1.165, 1.54) is 0 Å². The summed E-state index contributed by atoms with van der Waals surface area (Å²) in [7, 11) is 0. The Balaban J connectivity index is 1.85. The molecule has 6 nitrogen and oxygen atoms in total. The molecule has 0 saturated heterocycles. The van der Waals surface area contributed by atoms with Gasteiger partial charge in [0.25, 0.3) is 5.91 Å². The molecule has 0 unspecified atom stereocenters. The van der Waals surface area contributed by atoms with Crippen LogP contribution >= 0.6 is 15.9 Å². The van der Waals surface area contributed by atoms with Crippen molar-refractivity contribution in [2.24, 2.45) is 0 Å².